The van der Waals surface area contributed by atoms with Crippen molar-refractivity contribution >= 4 is 11.4 Å². The first-order chi connectivity index (χ1) is 9.97. The van der Waals surface area contributed by atoms with Crippen LogP contribution in [-0.4, -0.2) is 5.78 Å². The van der Waals surface area contributed by atoms with Crippen LogP contribution in [0.2, 0.25) is 0 Å². The lowest BCUT2D eigenvalue weighted by Crippen LogP contribution is -2.23. The zero-order valence-electron chi connectivity index (χ0n) is 11.5. The number of halogens is 3. The van der Waals surface area contributed by atoms with Gasteiger partial charge in [-0.2, -0.15) is 13.2 Å². The number of ketones is 1. The van der Waals surface area contributed by atoms with Gasteiger partial charge in [0.2, 0.25) is 0 Å². The van der Waals surface area contributed by atoms with Crippen LogP contribution >= 0.6 is 0 Å². The summed E-state index contributed by atoms with van der Waals surface area (Å²) < 4.78 is 38.7. The summed E-state index contributed by atoms with van der Waals surface area (Å²) in [6.07, 6.45) is 0.390. The topological polar surface area (TPSA) is 17.1 Å². The molecule has 1 aromatic carbocycles. The summed E-state index contributed by atoms with van der Waals surface area (Å²) in [7, 11) is 0. The van der Waals surface area contributed by atoms with Crippen LogP contribution in [0, 0.1) is 11.8 Å². The third-order valence-corrected chi connectivity index (χ3v) is 5.21. The molecule has 0 saturated heterocycles. The second-order valence-corrected chi connectivity index (χ2v) is 6.31. The summed E-state index contributed by atoms with van der Waals surface area (Å²) in [6.45, 7) is 0. The number of benzene rings is 1. The van der Waals surface area contributed by atoms with Gasteiger partial charge < -0.3 is 0 Å². The third-order valence-electron chi connectivity index (χ3n) is 5.21. The van der Waals surface area contributed by atoms with Crippen molar-refractivity contribution in [3.63, 3.8) is 0 Å². The highest BCUT2D eigenvalue weighted by Crippen LogP contribution is 2.52. The van der Waals surface area contributed by atoms with Crippen molar-refractivity contribution < 1.29 is 18.0 Å². The summed E-state index contributed by atoms with van der Waals surface area (Å²) in [4.78, 5) is 12.6. The number of rotatable bonds is 0. The lowest BCUT2D eigenvalue weighted by Gasteiger charge is -2.26. The van der Waals surface area contributed by atoms with E-state index in [1.54, 1.807) is 6.07 Å². The predicted molar refractivity (Wildman–Crippen MR) is 72.5 cm³/mol. The quantitative estimate of drug-likeness (QED) is 0.692. The Kier molecular flexibility index (Phi) is 2.63. The molecule has 0 radical (unpaired) electrons. The highest BCUT2D eigenvalue weighted by atomic mass is 19.4. The van der Waals surface area contributed by atoms with Gasteiger partial charge in [-0.3, -0.25) is 4.79 Å². The molecule has 1 fully saturated rings. The maximum Gasteiger partial charge on any atom is 0.416 e. The van der Waals surface area contributed by atoms with E-state index in [4.69, 9.17) is 0 Å². The van der Waals surface area contributed by atoms with E-state index >= 15 is 0 Å². The lowest BCUT2D eigenvalue weighted by molar-refractivity contribution is -0.137. The molecule has 0 bridgehead atoms. The molecule has 0 aromatic heterocycles. The maximum atomic E-state index is 12.9. The Morgan fingerprint density at radius 3 is 2.48 bits per heavy atom. The summed E-state index contributed by atoms with van der Waals surface area (Å²) in [5.74, 6) is 0.405. The molecule has 3 aliphatic carbocycles. The van der Waals surface area contributed by atoms with E-state index in [0.717, 1.165) is 42.9 Å². The van der Waals surface area contributed by atoms with Gasteiger partial charge in [0.1, 0.15) is 0 Å². The van der Waals surface area contributed by atoms with Crippen molar-refractivity contribution in [3.8, 4) is 0 Å². The molecule has 1 nitrogen and oxygen atoms in total. The Balaban J connectivity index is 1.81. The standard InChI is InChI=1S/C17H15F3O/c18-17(19,20)10-6-5-9-7-14-11-3-1-2-4-12(11)16(21)15(14)13(9)8-10/h5-6,8,11-12H,1-4,7H2/t11?,12-/m0/s1. The van der Waals surface area contributed by atoms with E-state index < -0.39 is 11.7 Å². The monoisotopic (exact) mass is 292 g/mol. The van der Waals surface area contributed by atoms with Gasteiger partial charge in [0.15, 0.2) is 5.78 Å². The molecular formula is C17H15F3O. The van der Waals surface area contributed by atoms with Crippen LogP contribution in [0.25, 0.3) is 5.57 Å². The van der Waals surface area contributed by atoms with Crippen LogP contribution in [0.4, 0.5) is 13.2 Å². The molecule has 0 amide bonds. The summed E-state index contributed by atoms with van der Waals surface area (Å²) in [5.41, 5.74) is 2.49. The molecule has 0 spiro atoms. The Hall–Kier alpha value is -1.58. The molecule has 2 atom stereocenters. The summed E-state index contributed by atoms with van der Waals surface area (Å²) in [6, 6.07) is 3.85. The van der Waals surface area contributed by atoms with Crippen LogP contribution in [0.15, 0.2) is 23.8 Å². The minimum Gasteiger partial charge on any atom is -0.294 e. The Bertz CT molecular complexity index is 669. The van der Waals surface area contributed by atoms with Gasteiger partial charge in [-0.05, 0) is 48.4 Å². The predicted octanol–water partition coefficient (Wildman–Crippen LogP) is 4.40. The van der Waals surface area contributed by atoms with Gasteiger partial charge in [-0.15, -0.1) is 0 Å². The number of carbonyl (C=O) groups excluding carboxylic acids is 1. The molecule has 1 aromatic rings. The van der Waals surface area contributed by atoms with Crippen LogP contribution in [0.3, 0.4) is 0 Å². The fraction of sp³-hybridized carbons (Fsp3) is 0.471. The fourth-order valence-corrected chi connectivity index (χ4v) is 4.26. The van der Waals surface area contributed by atoms with Crippen molar-refractivity contribution in [1.29, 1.82) is 0 Å². The molecule has 110 valence electrons. The molecule has 0 N–H and O–H groups in total. The first-order valence-electron chi connectivity index (χ1n) is 7.44. The van der Waals surface area contributed by atoms with Gasteiger partial charge in [-0.25, -0.2) is 0 Å². The fourth-order valence-electron chi connectivity index (χ4n) is 4.26. The van der Waals surface area contributed by atoms with Crippen molar-refractivity contribution in [2.45, 2.75) is 38.3 Å². The number of Topliss-reactive ketones (excluding diaryl/α,β-unsaturated/α-hetero) is 1. The molecule has 1 saturated carbocycles. The van der Waals surface area contributed by atoms with Crippen LogP contribution in [-0.2, 0) is 17.4 Å². The van der Waals surface area contributed by atoms with Crippen LogP contribution < -0.4 is 0 Å². The first kappa shape index (κ1) is 13.1. The molecule has 0 heterocycles. The normalized spacial score (nSPS) is 27.7. The van der Waals surface area contributed by atoms with E-state index in [1.165, 1.54) is 6.07 Å². The number of hydrogen-bond acceptors (Lipinski definition) is 1. The second-order valence-electron chi connectivity index (χ2n) is 6.31. The van der Waals surface area contributed by atoms with Gasteiger partial charge in [-0.1, -0.05) is 24.5 Å². The van der Waals surface area contributed by atoms with E-state index in [2.05, 4.69) is 0 Å². The van der Waals surface area contributed by atoms with Gasteiger partial charge >= 0.3 is 6.18 Å². The van der Waals surface area contributed by atoms with Gasteiger partial charge in [0, 0.05) is 11.5 Å². The van der Waals surface area contributed by atoms with Crippen molar-refractivity contribution in [3.05, 3.63) is 40.5 Å². The molecule has 1 unspecified atom stereocenters. The number of alkyl halides is 3. The van der Waals surface area contributed by atoms with Crippen molar-refractivity contribution in [2.24, 2.45) is 11.8 Å². The lowest BCUT2D eigenvalue weighted by atomic mass is 9.77. The van der Waals surface area contributed by atoms with Crippen LogP contribution in [0.5, 0.6) is 0 Å². The van der Waals surface area contributed by atoms with Gasteiger partial charge in [0.05, 0.1) is 5.56 Å². The molecular weight excluding hydrogens is 277 g/mol. The average Bonchev–Trinajstić information content (AvgIpc) is 2.95. The molecule has 3 aliphatic rings. The molecule has 4 rings (SSSR count). The average molecular weight is 292 g/mol. The van der Waals surface area contributed by atoms with E-state index in [9.17, 15) is 18.0 Å². The maximum absolute atomic E-state index is 12.9. The molecule has 4 heteroatoms. The van der Waals surface area contributed by atoms with Gasteiger partial charge in [0.25, 0.3) is 0 Å². The third kappa shape index (κ3) is 1.81. The minimum atomic E-state index is -4.35. The number of carbonyl (C=O) groups is 1. The summed E-state index contributed by atoms with van der Waals surface area (Å²) >= 11 is 0. The summed E-state index contributed by atoms with van der Waals surface area (Å²) in [5, 5.41) is 0. The largest absolute Gasteiger partial charge is 0.416 e. The highest BCUT2D eigenvalue weighted by molar-refractivity contribution is 6.26. The minimum absolute atomic E-state index is 0.0337. The molecule has 21 heavy (non-hydrogen) atoms. The Labute approximate surface area is 120 Å². The first-order valence-corrected chi connectivity index (χ1v) is 7.44. The van der Waals surface area contributed by atoms with Crippen LogP contribution in [0.1, 0.15) is 42.4 Å². The Morgan fingerprint density at radius 2 is 1.76 bits per heavy atom. The zero-order chi connectivity index (χ0) is 14.8. The highest BCUT2D eigenvalue weighted by Gasteiger charge is 2.46. The Morgan fingerprint density at radius 1 is 1.05 bits per heavy atom. The SMILES string of the molecule is O=C1C2=C(Cc3ccc(C(F)(F)F)cc32)C2CCCC[C@H]12. The molecule has 0 aliphatic heterocycles. The number of fused-ring (bicyclic) bond motifs is 4. The number of hydrogen-bond donors (Lipinski definition) is 0. The zero-order valence-corrected chi connectivity index (χ0v) is 11.5. The van der Waals surface area contributed by atoms with E-state index in [0.29, 0.717) is 17.6 Å². The van der Waals surface area contributed by atoms with Crippen molar-refractivity contribution in [2.75, 3.05) is 0 Å². The van der Waals surface area contributed by atoms with E-state index in [1.807, 2.05) is 0 Å². The number of allylic oxidation sites excluding steroid dienone is 2. The van der Waals surface area contributed by atoms with E-state index in [-0.39, 0.29) is 17.6 Å². The van der Waals surface area contributed by atoms with Crippen molar-refractivity contribution in [1.82, 2.24) is 0 Å². The smallest absolute Gasteiger partial charge is 0.294 e. The second kappa shape index (κ2) is 4.21.